The number of amides is 1. The molecule has 37 heavy (non-hydrogen) atoms. The summed E-state index contributed by atoms with van der Waals surface area (Å²) in [6.45, 7) is 8.43. The van der Waals surface area contributed by atoms with E-state index in [0.29, 0.717) is 43.1 Å². The first-order valence-corrected chi connectivity index (χ1v) is 13.0. The van der Waals surface area contributed by atoms with Crippen LogP contribution in [0.4, 0.5) is 4.39 Å². The third kappa shape index (κ3) is 6.02. The number of likely N-dealkylation sites (tertiary alicyclic amines) is 1. The quantitative estimate of drug-likeness (QED) is 0.220. The second-order valence-electron chi connectivity index (χ2n) is 9.50. The molecule has 2 aromatic rings. The predicted molar refractivity (Wildman–Crippen MR) is 139 cm³/mol. The maximum absolute atomic E-state index is 15.0. The predicted octanol–water partition coefficient (Wildman–Crippen LogP) is 4.46. The largest absolute Gasteiger partial charge is 0.507 e. The molecule has 1 N–H and O–H groups in total. The van der Waals surface area contributed by atoms with E-state index >= 15 is 4.39 Å². The van der Waals surface area contributed by atoms with Crippen molar-refractivity contribution >= 4 is 17.4 Å². The van der Waals surface area contributed by atoms with Gasteiger partial charge in [-0.05, 0) is 49.6 Å². The number of aliphatic hydroxyl groups excluding tert-OH is 1. The van der Waals surface area contributed by atoms with Gasteiger partial charge in [0, 0.05) is 37.3 Å². The van der Waals surface area contributed by atoms with Gasteiger partial charge in [-0.25, -0.2) is 4.39 Å². The van der Waals surface area contributed by atoms with Crippen molar-refractivity contribution in [3.63, 3.8) is 0 Å². The molecule has 2 saturated heterocycles. The summed E-state index contributed by atoms with van der Waals surface area (Å²) in [4.78, 5) is 30.1. The van der Waals surface area contributed by atoms with Gasteiger partial charge >= 0.3 is 0 Å². The number of halogens is 1. The van der Waals surface area contributed by atoms with Crippen molar-refractivity contribution in [1.29, 1.82) is 0 Å². The Labute approximate surface area is 217 Å². The number of ketones is 1. The fraction of sp³-hybridized carbons (Fsp3) is 0.448. The van der Waals surface area contributed by atoms with Gasteiger partial charge in [0.1, 0.15) is 17.3 Å². The van der Waals surface area contributed by atoms with E-state index in [2.05, 4.69) is 11.8 Å². The van der Waals surface area contributed by atoms with Crippen molar-refractivity contribution in [2.45, 2.75) is 39.2 Å². The van der Waals surface area contributed by atoms with E-state index in [9.17, 15) is 14.7 Å². The molecule has 0 bridgehead atoms. The number of rotatable bonds is 10. The van der Waals surface area contributed by atoms with Gasteiger partial charge in [0.05, 0.1) is 31.4 Å². The minimum absolute atomic E-state index is 0.0933. The van der Waals surface area contributed by atoms with Crippen LogP contribution in [0.3, 0.4) is 0 Å². The minimum atomic E-state index is -1.01. The highest BCUT2D eigenvalue weighted by Gasteiger charge is 2.46. The second-order valence-corrected chi connectivity index (χ2v) is 9.50. The zero-order chi connectivity index (χ0) is 26.4. The molecule has 4 rings (SSSR count). The lowest BCUT2D eigenvalue weighted by molar-refractivity contribution is -0.140. The Kier molecular flexibility index (Phi) is 8.95. The van der Waals surface area contributed by atoms with Gasteiger partial charge in [-0.2, -0.15) is 0 Å². The molecule has 2 aliphatic heterocycles. The Hall–Kier alpha value is -3.23. The van der Waals surface area contributed by atoms with E-state index in [-0.39, 0.29) is 23.4 Å². The lowest BCUT2D eigenvalue weighted by Gasteiger charge is -2.29. The molecule has 2 aromatic carbocycles. The monoisotopic (exact) mass is 510 g/mol. The number of aryl methyl sites for hydroxylation is 1. The van der Waals surface area contributed by atoms with Crippen LogP contribution >= 0.6 is 0 Å². The van der Waals surface area contributed by atoms with Crippen LogP contribution in [0.1, 0.15) is 48.9 Å². The standard InChI is InChI=1S/C29H35FN2O5/c1-3-4-16-37-21-10-11-22(20(2)19-21)27(33)25-26(23-8-5-6-9-24(23)30)32(29(35)28(25)34)13-7-12-31-14-17-36-18-15-31/h5-6,8-11,19,26,33H,3-4,7,12-18H2,1-2H3/t26-/m1/s1. The highest BCUT2D eigenvalue weighted by atomic mass is 19.1. The first-order chi connectivity index (χ1) is 17.9. The number of ether oxygens (including phenoxy) is 2. The molecule has 198 valence electrons. The molecule has 0 saturated carbocycles. The van der Waals surface area contributed by atoms with Crippen molar-refractivity contribution in [2.75, 3.05) is 46.0 Å². The van der Waals surface area contributed by atoms with Gasteiger partial charge in [-0.15, -0.1) is 0 Å². The van der Waals surface area contributed by atoms with Crippen LogP contribution in [-0.2, 0) is 14.3 Å². The summed E-state index contributed by atoms with van der Waals surface area (Å²) in [7, 11) is 0. The zero-order valence-corrected chi connectivity index (χ0v) is 21.5. The summed E-state index contributed by atoms with van der Waals surface area (Å²) in [5.74, 6) is -1.71. The number of nitrogens with zero attached hydrogens (tertiary/aromatic N) is 2. The van der Waals surface area contributed by atoms with E-state index in [1.54, 1.807) is 43.3 Å². The Bertz CT molecular complexity index is 1160. The summed E-state index contributed by atoms with van der Waals surface area (Å²) in [5.41, 5.74) is 1.20. The number of hydrogen-bond donors (Lipinski definition) is 1. The number of carbonyl (C=O) groups excluding carboxylic acids is 2. The Morgan fingerprint density at radius 1 is 1.11 bits per heavy atom. The van der Waals surface area contributed by atoms with Crippen molar-refractivity contribution in [1.82, 2.24) is 9.80 Å². The molecule has 0 aromatic heterocycles. The van der Waals surface area contributed by atoms with Gasteiger partial charge in [0.25, 0.3) is 11.7 Å². The molecule has 1 amide bonds. The van der Waals surface area contributed by atoms with Crippen molar-refractivity contribution in [3.05, 3.63) is 70.5 Å². The number of aliphatic hydroxyl groups is 1. The fourth-order valence-corrected chi connectivity index (χ4v) is 4.89. The normalized spacial score (nSPS) is 20.0. The number of carbonyl (C=O) groups is 2. The minimum Gasteiger partial charge on any atom is -0.507 e. The second kappa shape index (κ2) is 12.3. The highest BCUT2D eigenvalue weighted by Crippen LogP contribution is 2.41. The van der Waals surface area contributed by atoms with Gasteiger partial charge in [0.2, 0.25) is 0 Å². The fourth-order valence-electron chi connectivity index (χ4n) is 4.89. The summed E-state index contributed by atoms with van der Waals surface area (Å²) in [6.07, 6.45) is 2.56. The first kappa shape index (κ1) is 26.8. The first-order valence-electron chi connectivity index (χ1n) is 13.0. The summed E-state index contributed by atoms with van der Waals surface area (Å²) >= 11 is 0. The van der Waals surface area contributed by atoms with E-state index in [1.807, 2.05) is 0 Å². The Morgan fingerprint density at radius 2 is 1.86 bits per heavy atom. The summed E-state index contributed by atoms with van der Waals surface area (Å²) in [5, 5.41) is 11.4. The maximum Gasteiger partial charge on any atom is 0.295 e. The van der Waals surface area contributed by atoms with E-state index < -0.39 is 23.5 Å². The highest BCUT2D eigenvalue weighted by molar-refractivity contribution is 6.46. The number of Topliss-reactive ketones (excluding diaryl/α,β-unsaturated/α-hetero) is 1. The third-order valence-electron chi connectivity index (χ3n) is 6.94. The zero-order valence-electron chi connectivity index (χ0n) is 21.5. The molecule has 8 heteroatoms. The smallest absolute Gasteiger partial charge is 0.295 e. The van der Waals surface area contributed by atoms with Crippen molar-refractivity contribution in [3.8, 4) is 5.75 Å². The van der Waals surface area contributed by atoms with E-state index in [0.717, 1.165) is 32.5 Å². The molecule has 2 heterocycles. The van der Waals surface area contributed by atoms with Crippen LogP contribution in [0.5, 0.6) is 5.75 Å². The van der Waals surface area contributed by atoms with E-state index in [1.165, 1.54) is 11.0 Å². The molecule has 0 unspecified atom stereocenters. The van der Waals surface area contributed by atoms with Gasteiger partial charge in [-0.3, -0.25) is 14.5 Å². The molecule has 1 atom stereocenters. The maximum atomic E-state index is 15.0. The van der Waals surface area contributed by atoms with Crippen LogP contribution in [0.25, 0.3) is 5.76 Å². The molecule has 2 fully saturated rings. The Balaban J connectivity index is 1.66. The topological polar surface area (TPSA) is 79.3 Å². The average molecular weight is 511 g/mol. The number of morpholine rings is 1. The van der Waals surface area contributed by atoms with Gasteiger partial charge in [0.15, 0.2) is 0 Å². The lowest BCUT2D eigenvalue weighted by Crippen LogP contribution is -2.39. The molecule has 7 nitrogen and oxygen atoms in total. The van der Waals surface area contributed by atoms with Crippen LogP contribution in [0, 0.1) is 12.7 Å². The Morgan fingerprint density at radius 3 is 2.57 bits per heavy atom. The molecule has 0 spiro atoms. The summed E-state index contributed by atoms with van der Waals surface area (Å²) in [6, 6.07) is 10.3. The van der Waals surface area contributed by atoms with Gasteiger partial charge in [-0.1, -0.05) is 31.5 Å². The number of hydrogen-bond acceptors (Lipinski definition) is 6. The summed E-state index contributed by atoms with van der Waals surface area (Å²) < 4.78 is 26.2. The molecule has 0 radical (unpaired) electrons. The van der Waals surface area contributed by atoms with Crippen LogP contribution in [0.15, 0.2) is 48.0 Å². The van der Waals surface area contributed by atoms with Crippen molar-refractivity contribution in [2.24, 2.45) is 0 Å². The lowest BCUT2D eigenvalue weighted by atomic mass is 9.93. The molecule has 2 aliphatic rings. The number of benzene rings is 2. The van der Waals surface area contributed by atoms with Crippen LogP contribution in [0.2, 0.25) is 0 Å². The van der Waals surface area contributed by atoms with Gasteiger partial charge < -0.3 is 19.5 Å². The average Bonchev–Trinajstić information content (AvgIpc) is 3.14. The van der Waals surface area contributed by atoms with Crippen LogP contribution < -0.4 is 4.74 Å². The van der Waals surface area contributed by atoms with Crippen molar-refractivity contribution < 1.29 is 28.6 Å². The molecular formula is C29H35FN2O5. The SMILES string of the molecule is CCCCOc1ccc(C(O)=C2C(=O)C(=O)N(CCCN3CCOCC3)[C@@H]2c2ccccc2F)c(C)c1. The number of unbranched alkanes of at least 4 members (excludes halogenated alkanes) is 1. The van der Waals surface area contributed by atoms with E-state index in [4.69, 9.17) is 9.47 Å². The molecule has 0 aliphatic carbocycles. The third-order valence-corrected chi connectivity index (χ3v) is 6.94. The van der Waals surface area contributed by atoms with Crippen LogP contribution in [-0.4, -0.2) is 72.6 Å². The molecular weight excluding hydrogens is 475 g/mol.